The summed E-state index contributed by atoms with van der Waals surface area (Å²) in [7, 11) is -11.1. The Balaban J connectivity index is 1.36. The zero-order chi connectivity index (χ0) is 26.5. The van der Waals surface area contributed by atoms with E-state index in [1.807, 2.05) is 4.90 Å². The second-order valence-electron chi connectivity index (χ2n) is 10.1. The van der Waals surface area contributed by atoms with E-state index in [9.17, 15) is 28.7 Å². The maximum Gasteiger partial charge on any atom is 0.313 e. The quantitative estimate of drug-likeness (QED) is 0.465. The fourth-order valence-corrected chi connectivity index (χ4v) is 6.89. The Morgan fingerprint density at radius 2 is 1.73 bits per heavy atom. The Kier molecular flexibility index (Phi) is 6.22. The predicted molar refractivity (Wildman–Crippen MR) is 131 cm³/mol. The number of aliphatic hydroxyl groups excluding tert-OH is 1. The average Bonchev–Trinajstić information content (AvgIpc) is 3.01. The second kappa shape index (κ2) is 8.70. The van der Waals surface area contributed by atoms with E-state index in [4.69, 9.17) is 9.97 Å². The van der Waals surface area contributed by atoms with E-state index in [1.54, 1.807) is 0 Å². The molecule has 1 saturated carbocycles. The number of piperidine rings is 1. The van der Waals surface area contributed by atoms with Gasteiger partial charge in [-0.15, -0.1) is 0 Å². The number of aromatic nitrogens is 4. The van der Waals surface area contributed by atoms with Crippen LogP contribution in [-0.2, 0) is 17.2 Å². The standard InChI is InChI=1S/C22H29F5N6O2S2/c23-37(24,25,26,27)16-12-28-19(29-13-16)15-5-9-33(10-6-15)21-30-17-4-1-2-11-36(35)18(17)20(31-21)32-22(14-34)7-3-8-22/h12-13,15,34H,1-11,14H2,(H,30,31,32). The van der Waals surface area contributed by atoms with E-state index in [2.05, 4.69) is 15.3 Å². The molecule has 5 rings (SSSR count). The van der Waals surface area contributed by atoms with Gasteiger partial charge in [-0.3, -0.25) is 4.21 Å². The number of anilines is 2. The number of hydrogen-bond donors (Lipinski definition) is 2. The monoisotopic (exact) mass is 568 g/mol. The van der Waals surface area contributed by atoms with Crippen molar-refractivity contribution in [3.8, 4) is 0 Å². The first-order chi connectivity index (χ1) is 17.3. The summed E-state index contributed by atoms with van der Waals surface area (Å²) in [6.07, 6.45) is 6.19. The number of halogens is 5. The number of nitrogens with zero attached hydrogens (tertiary/aromatic N) is 5. The Morgan fingerprint density at radius 3 is 2.30 bits per heavy atom. The fraction of sp³-hybridized carbons (Fsp3) is 0.636. The molecule has 206 valence electrons. The van der Waals surface area contributed by atoms with Crippen LogP contribution >= 0.6 is 10.2 Å². The van der Waals surface area contributed by atoms with Gasteiger partial charge >= 0.3 is 10.2 Å². The van der Waals surface area contributed by atoms with Crippen molar-refractivity contribution in [3.05, 3.63) is 23.9 Å². The molecule has 2 fully saturated rings. The molecule has 2 aromatic rings. The number of aryl methyl sites for hydroxylation is 1. The van der Waals surface area contributed by atoms with Crippen LogP contribution in [0.4, 0.5) is 31.2 Å². The summed E-state index contributed by atoms with van der Waals surface area (Å²) in [6, 6.07) is 0. The molecule has 2 aliphatic heterocycles. The van der Waals surface area contributed by atoms with Crippen LogP contribution < -0.4 is 10.2 Å². The van der Waals surface area contributed by atoms with Crippen molar-refractivity contribution in [3.63, 3.8) is 0 Å². The van der Waals surface area contributed by atoms with Crippen LogP contribution in [0.15, 0.2) is 22.2 Å². The molecule has 1 aliphatic carbocycles. The molecule has 0 bridgehead atoms. The average molecular weight is 569 g/mol. The van der Waals surface area contributed by atoms with Crippen molar-refractivity contribution in [2.24, 2.45) is 0 Å². The third kappa shape index (κ3) is 5.53. The smallest absolute Gasteiger partial charge is 0.313 e. The first kappa shape index (κ1) is 26.5. The van der Waals surface area contributed by atoms with Gasteiger partial charge in [-0.1, -0.05) is 19.4 Å². The van der Waals surface area contributed by atoms with Crippen LogP contribution in [-0.4, -0.2) is 60.2 Å². The summed E-state index contributed by atoms with van der Waals surface area (Å²) in [4.78, 5) is 17.2. The maximum atomic E-state index is 13.0. The van der Waals surface area contributed by atoms with Crippen LogP contribution in [0.5, 0.6) is 0 Å². The summed E-state index contributed by atoms with van der Waals surface area (Å²) in [5.74, 6) is 1.29. The molecule has 2 N–H and O–H groups in total. The first-order valence-corrected chi connectivity index (χ1v) is 15.5. The van der Waals surface area contributed by atoms with Crippen molar-refractivity contribution >= 4 is 32.8 Å². The van der Waals surface area contributed by atoms with Crippen molar-refractivity contribution in [2.45, 2.75) is 72.6 Å². The Labute approximate surface area is 213 Å². The van der Waals surface area contributed by atoms with Crippen LogP contribution in [0, 0.1) is 0 Å². The van der Waals surface area contributed by atoms with Gasteiger partial charge in [-0.2, -0.15) is 4.98 Å². The number of aliphatic hydroxyl groups is 1. The highest BCUT2D eigenvalue weighted by atomic mass is 32.5. The fourth-order valence-electron chi connectivity index (χ4n) is 5.00. The molecule has 37 heavy (non-hydrogen) atoms. The van der Waals surface area contributed by atoms with Crippen molar-refractivity contribution < 1.29 is 28.7 Å². The van der Waals surface area contributed by atoms with Gasteiger partial charge in [0.05, 0.1) is 41.0 Å². The Bertz CT molecular complexity index is 1200. The van der Waals surface area contributed by atoms with Crippen LogP contribution in [0.1, 0.15) is 62.4 Å². The van der Waals surface area contributed by atoms with Crippen LogP contribution in [0.3, 0.4) is 0 Å². The molecule has 0 aromatic carbocycles. The Morgan fingerprint density at radius 1 is 1.05 bits per heavy atom. The molecule has 2 aromatic heterocycles. The van der Waals surface area contributed by atoms with E-state index in [0.717, 1.165) is 37.8 Å². The number of hydrogen-bond acceptors (Lipinski definition) is 8. The third-order valence-electron chi connectivity index (χ3n) is 7.38. The molecule has 1 saturated heterocycles. The largest absolute Gasteiger partial charge is 0.394 e. The zero-order valence-electron chi connectivity index (χ0n) is 20.0. The Hall–Kier alpha value is -2.13. The first-order valence-electron chi connectivity index (χ1n) is 12.3. The van der Waals surface area contributed by atoms with E-state index in [0.29, 0.717) is 54.8 Å². The van der Waals surface area contributed by atoms with Gasteiger partial charge in [0.25, 0.3) is 0 Å². The summed E-state index contributed by atoms with van der Waals surface area (Å²) in [5, 5.41) is 13.3. The predicted octanol–water partition coefficient (Wildman–Crippen LogP) is 5.08. The topological polar surface area (TPSA) is 104 Å². The molecule has 15 heteroatoms. The molecular weight excluding hydrogens is 539 g/mol. The van der Waals surface area contributed by atoms with E-state index in [1.165, 1.54) is 0 Å². The molecule has 1 atom stereocenters. The lowest BCUT2D eigenvalue weighted by molar-refractivity contribution is 0.143. The van der Waals surface area contributed by atoms with Crippen LogP contribution in [0.25, 0.3) is 0 Å². The SMILES string of the molecule is O=S1CCCCc2nc(N3CCC(c4ncc(S(F)(F)(F)(F)F)cn4)CC3)nc(NC3(CO)CCC3)c21. The second-order valence-corrected chi connectivity index (χ2v) is 14.0. The minimum atomic E-state index is -9.81. The number of rotatable bonds is 6. The van der Waals surface area contributed by atoms with Gasteiger partial charge in [0.1, 0.15) is 21.4 Å². The van der Waals surface area contributed by atoms with Crippen molar-refractivity contribution in [1.82, 2.24) is 19.9 Å². The van der Waals surface area contributed by atoms with Gasteiger partial charge in [-0.05, 0) is 51.4 Å². The zero-order valence-corrected chi connectivity index (χ0v) is 21.6. The van der Waals surface area contributed by atoms with Crippen molar-refractivity contribution in [2.75, 3.05) is 35.7 Å². The lowest BCUT2D eigenvalue weighted by Crippen LogP contribution is -2.49. The summed E-state index contributed by atoms with van der Waals surface area (Å²) in [6.45, 7) is 0.869. The number of nitrogens with one attached hydrogen (secondary N) is 1. The van der Waals surface area contributed by atoms with Crippen LogP contribution in [0.2, 0.25) is 0 Å². The summed E-state index contributed by atoms with van der Waals surface area (Å²) < 4.78 is 77.9. The van der Waals surface area contributed by atoms with E-state index >= 15 is 0 Å². The van der Waals surface area contributed by atoms with Gasteiger partial charge < -0.3 is 15.3 Å². The minimum absolute atomic E-state index is 0.0556. The highest BCUT2D eigenvalue weighted by Gasteiger charge is 2.66. The highest BCUT2D eigenvalue weighted by molar-refractivity contribution is 8.45. The summed E-state index contributed by atoms with van der Waals surface area (Å²) >= 11 is 0. The normalized spacial score (nSPS) is 24.3. The number of fused-ring (bicyclic) bond motifs is 1. The molecule has 8 nitrogen and oxygen atoms in total. The lowest BCUT2D eigenvalue weighted by Gasteiger charge is -2.42. The molecule has 0 amide bonds. The molecule has 0 spiro atoms. The van der Waals surface area contributed by atoms with Gasteiger partial charge in [0.2, 0.25) is 5.95 Å². The van der Waals surface area contributed by atoms with Gasteiger partial charge in [-0.25, -0.2) is 15.0 Å². The van der Waals surface area contributed by atoms with Crippen molar-refractivity contribution in [1.29, 1.82) is 0 Å². The third-order valence-corrected chi connectivity index (χ3v) is 10.0. The summed E-state index contributed by atoms with van der Waals surface area (Å²) in [5.41, 5.74) is 0.245. The van der Waals surface area contributed by atoms with Gasteiger partial charge in [0, 0.05) is 24.8 Å². The maximum absolute atomic E-state index is 13.0. The molecule has 1 unspecified atom stereocenters. The molecule has 4 heterocycles. The molecule has 0 radical (unpaired) electrons. The van der Waals surface area contributed by atoms with E-state index in [-0.39, 0.29) is 30.7 Å². The minimum Gasteiger partial charge on any atom is -0.394 e. The molecule has 3 aliphatic rings. The highest BCUT2D eigenvalue weighted by Crippen LogP contribution is 3.01. The molecular formula is C22H29F5N6O2S2. The van der Waals surface area contributed by atoms with E-state index < -0.39 is 31.5 Å². The lowest BCUT2D eigenvalue weighted by atomic mass is 9.77. The van der Waals surface area contributed by atoms with Gasteiger partial charge in [0.15, 0.2) is 0 Å².